The first-order valence-electron chi connectivity index (χ1n) is 12.2. The van der Waals surface area contributed by atoms with Crippen molar-refractivity contribution < 1.29 is 27.9 Å². The number of amides is 2. The van der Waals surface area contributed by atoms with Crippen molar-refractivity contribution in [1.29, 1.82) is 0 Å². The van der Waals surface area contributed by atoms with Gasteiger partial charge in [-0.2, -0.15) is 0 Å². The zero-order valence-corrected chi connectivity index (χ0v) is 23.3. The van der Waals surface area contributed by atoms with E-state index in [1.807, 2.05) is 32.0 Å². The number of carbonyl (C=O) groups excluding carboxylic acids is 2. The standard InChI is InChI=1S/C27H32N4O6S2/c1-19(2)16-24(31-25(32)20-12-14-28-15-13-20)26(33)29-17-27(34,38)18-30-39(35,36)23-10-8-22(9-11-23)37-21-6-4-3-5-7-21/h3-15,19,24,30,34,38H,16-18H2,1-2H3,(H,29,33)(H,31,32)/t24-,27-/m0/s1. The van der Waals surface area contributed by atoms with Crippen LogP contribution in [0.1, 0.15) is 30.6 Å². The first-order chi connectivity index (χ1) is 18.4. The van der Waals surface area contributed by atoms with E-state index in [0.717, 1.165) is 0 Å². The second kappa shape index (κ2) is 13.6. The Morgan fingerprint density at radius 3 is 2.21 bits per heavy atom. The Morgan fingerprint density at radius 2 is 1.59 bits per heavy atom. The Bertz CT molecular complexity index is 1340. The van der Waals surface area contributed by atoms with Crippen molar-refractivity contribution in [2.45, 2.75) is 36.1 Å². The van der Waals surface area contributed by atoms with E-state index in [-0.39, 0.29) is 17.4 Å². The van der Waals surface area contributed by atoms with Crippen LogP contribution in [0.4, 0.5) is 0 Å². The maximum atomic E-state index is 12.8. The van der Waals surface area contributed by atoms with Crippen LogP contribution < -0.4 is 20.1 Å². The van der Waals surface area contributed by atoms with Crippen LogP contribution in [0.2, 0.25) is 0 Å². The van der Waals surface area contributed by atoms with Crippen LogP contribution in [0.5, 0.6) is 11.5 Å². The van der Waals surface area contributed by atoms with Crippen molar-refractivity contribution in [2.24, 2.45) is 5.92 Å². The Morgan fingerprint density at radius 1 is 0.974 bits per heavy atom. The Balaban J connectivity index is 1.55. The fourth-order valence-electron chi connectivity index (χ4n) is 3.47. The summed E-state index contributed by atoms with van der Waals surface area (Å²) in [5.41, 5.74) is 0.353. The largest absolute Gasteiger partial charge is 0.457 e. The molecule has 39 heavy (non-hydrogen) atoms. The molecule has 0 unspecified atom stereocenters. The van der Waals surface area contributed by atoms with Crippen LogP contribution in [-0.4, -0.2) is 54.4 Å². The van der Waals surface area contributed by atoms with Crippen LogP contribution in [0.15, 0.2) is 84.0 Å². The lowest BCUT2D eigenvalue weighted by atomic mass is 10.0. The highest BCUT2D eigenvalue weighted by molar-refractivity contribution is 7.89. The summed E-state index contributed by atoms with van der Waals surface area (Å²) in [6.07, 6.45) is 3.30. The molecule has 0 saturated heterocycles. The molecule has 0 fully saturated rings. The quantitative estimate of drug-likeness (QED) is 0.156. The second-order valence-electron chi connectivity index (χ2n) is 9.30. The summed E-state index contributed by atoms with van der Waals surface area (Å²) in [6.45, 7) is 2.95. The number of sulfonamides is 1. The molecule has 12 heteroatoms. The highest BCUT2D eigenvalue weighted by atomic mass is 32.2. The van der Waals surface area contributed by atoms with Crippen LogP contribution in [0, 0.1) is 5.92 Å². The SMILES string of the molecule is CC(C)C[C@H](NC(=O)c1ccncc1)C(=O)NC[C@](O)(S)CNS(=O)(=O)c1ccc(Oc2ccccc2)cc1. The minimum atomic E-state index is -3.99. The predicted octanol–water partition coefficient (Wildman–Crippen LogP) is 2.73. The summed E-state index contributed by atoms with van der Waals surface area (Å²) < 4.78 is 33.4. The molecule has 3 aromatic rings. The molecular weight excluding hydrogens is 540 g/mol. The predicted molar refractivity (Wildman–Crippen MR) is 150 cm³/mol. The Labute approximate surface area is 233 Å². The third-order valence-electron chi connectivity index (χ3n) is 5.48. The van der Waals surface area contributed by atoms with E-state index in [1.54, 1.807) is 12.1 Å². The van der Waals surface area contributed by atoms with Crippen LogP contribution in [-0.2, 0) is 14.8 Å². The molecule has 0 radical (unpaired) electrons. The number of nitrogens with one attached hydrogen (secondary N) is 3. The highest BCUT2D eigenvalue weighted by Gasteiger charge is 2.29. The van der Waals surface area contributed by atoms with E-state index < -0.39 is 39.4 Å². The lowest BCUT2D eigenvalue weighted by molar-refractivity contribution is -0.123. The number of hydrogen-bond donors (Lipinski definition) is 5. The number of pyridine rings is 1. The van der Waals surface area contributed by atoms with Crippen molar-refractivity contribution in [3.63, 3.8) is 0 Å². The van der Waals surface area contributed by atoms with E-state index in [0.29, 0.717) is 23.5 Å². The van der Waals surface area contributed by atoms with E-state index in [2.05, 4.69) is 33.0 Å². The van der Waals surface area contributed by atoms with E-state index in [4.69, 9.17) is 4.74 Å². The summed E-state index contributed by atoms with van der Waals surface area (Å²) in [4.78, 5) is 27.3. The minimum absolute atomic E-state index is 0.0353. The van der Waals surface area contributed by atoms with Crippen molar-refractivity contribution in [2.75, 3.05) is 13.1 Å². The molecule has 0 aliphatic heterocycles. The zero-order chi connectivity index (χ0) is 28.5. The molecule has 208 valence electrons. The molecule has 0 spiro atoms. The third-order valence-corrected chi connectivity index (χ3v) is 7.21. The average molecular weight is 573 g/mol. The van der Waals surface area contributed by atoms with Crippen molar-refractivity contribution in [3.8, 4) is 11.5 Å². The van der Waals surface area contributed by atoms with E-state index in [1.165, 1.54) is 48.8 Å². The summed E-state index contributed by atoms with van der Waals surface area (Å²) in [7, 11) is -3.99. The van der Waals surface area contributed by atoms with Crippen molar-refractivity contribution >= 4 is 34.5 Å². The molecule has 0 saturated carbocycles. The zero-order valence-electron chi connectivity index (χ0n) is 21.6. The monoisotopic (exact) mass is 572 g/mol. The number of benzene rings is 2. The summed E-state index contributed by atoms with van der Waals surface area (Å²) >= 11 is 4.12. The number of aliphatic hydroxyl groups is 1. The smallest absolute Gasteiger partial charge is 0.252 e. The molecule has 2 aromatic carbocycles. The number of thiol groups is 1. The maximum absolute atomic E-state index is 12.8. The maximum Gasteiger partial charge on any atom is 0.252 e. The first-order valence-corrected chi connectivity index (χ1v) is 14.1. The molecule has 1 aromatic heterocycles. The van der Waals surface area contributed by atoms with Gasteiger partial charge in [-0.1, -0.05) is 32.0 Å². The van der Waals surface area contributed by atoms with Crippen molar-refractivity contribution in [1.82, 2.24) is 20.3 Å². The molecule has 1 heterocycles. The third kappa shape index (κ3) is 9.66. The fraction of sp³-hybridized carbons (Fsp3) is 0.296. The van der Waals surface area contributed by atoms with Crippen LogP contribution in [0.25, 0.3) is 0 Å². The molecule has 0 bridgehead atoms. The van der Waals surface area contributed by atoms with Crippen molar-refractivity contribution in [3.05, 3.63) is 84.7 Å². The molecule has 0 aliphatic rings. The molecule has 10 nitrogen and oxygen atoms in total. The Hall–Kier alpha value is -3.45. The molecule has 4 N–H and O–H groups in total. The molecule has 3 rings (SSSR count). The normalized spacial score (nSPS) is 13.8. The van der Waals surface area contributed by atoms with Gasteiger partial charge in [-0.25, -0.2) is 13.1 Å². The number of hydrogen-bond acceptors (Lipinski definition) is 8. The Kier molecular flexibility index (Phi) is 10.5. The number of nitrogens with zero attached hydrogens (tertiary/aromatic N) is 1. The number of para-hydroxylation sites is 1. The van der Waals surface area contributed by atoms with Gasteiger partial charge in [-0.3, -0.25) is 14.6 Å². The summed E-state index contributed by atoms with van der Waals surface area (Å²) in [5, 5.41) is 15.9. The van der Waals surface area contributed by atoms with Crippen LogP contribution >= 0.6 is 12.6 Å². The van der Waals surface area contributed by atoms with Gasteiger partial charge in [0, 0.05) is 18.0 Å². The second-order valence-corrected chi connectivity index (χ2v) is 11.9. The van der Waals surface area contributed by atoms with Gasteiger partial charge in [-0.05, 0) is 60.9 Å². The van der Waals surface area contributed by atoms with Crippen LogP contribution in [0.3, 0.4) is 0 Å². The van der Waals surface area contributed by atoms with E-state index in [9.17, 15) is 23.1 Å². The van der Waals surface area contributed by atoms with Gasteiger partial charge < -0.3 is 20.5 Å². The molecule has 2 amide bonds. The highest BCUT2D eigenvalue weighted by Crippen LogP contribution is 2.22. The fourth-order valence-corrected chi connectivity index (χ4v) is 4.82. The van der Waals surface area contributed by atoms with Gasteiger partial charge in [0.25, 0.3) is 5.91 Å². The number of ether oxygens (including phenoxy) is 1. The molecule has 2 atom stereocenters. The van der Waals surface area contributed by atoms with Gasteiger partial charge in [0.1, 0.15) is 22.5 Å². The summed E-state index contributed by atoms with van der Waals surface area (Å²) in [6, 6.07) is 17.0. The number of rotatable bonds is 13. The van der Waals surface area contributed by atoms with Gasteiger partial charge in [0.2, 0.25) is 15.9 Å². The molecule has 0 aliphatic carbocycles. The van der Waals surface area contributed by atoms with E-state index >= 15 is 0 Å². The van der Waals surface area contributed by atoms with Gasteiger partial charge in [-0.15, -0.1) is 12.6 Å². The van der Waals surface area contributed by atoms with Gasteiger partial charge in [0.05, 0.1) is 18.0 Å². The lowest BCUT2D eigenvalue weighted by Gasteiger charge is -2.25. The average Bonchev–Trinajstić information content (AvgIpc) is 2.91. The lowest BCUT2D eigenvalue weighted by Crippen LogP contribution is -2.52. The number of aromatic nitrogens is 1. The molecular formula is C27H32N4O6S2. The van der Waals surface area contributed by atoms with Gasteiger partial charge >= 0.3 is 0 Å². The summed E-state index contributed by atoms with van der Waals surface area (Å²) in [5.74, 6) is 0.189. The number of carbonyl (C=O) groups is 2. The van der Waals surface area contributed by atoms with Gasteiger partial charge in [0.15, 0.2) is 0 Å². The topological polar surface area (TPSA) is 147 Å². The minimum Gasteiger partial charge on any atom is -0.457 e. The first kappa shape index (κ1) is 30.1.